The van der Waals surface area contributed by atoms with Gasteiger partial charge in [0.25, 0.3) is 0 Å². The van der Waals surface area contributed by atoms with Crippen molar-refractivity contribution in [3.05, 3.63) is 35.9 Å². The maximum atomic E-state index is 12.5. The molecule has 0 radical (unpaired) electrons. The fraction of sp³-hybridized carbons (Fsp3) is 0.565. The van der Waals surface area contributed by atoms with Crippen molar-refractivity contribution in [3.63, 3.8) is 0 Å². The van der Waals surface area contributed by atoms with Gasteiger partial charge in [0.15, 0.2) is 8.32 Å². The molecular formula is C23H38N2O4Si. The van der Waals surface area contributed by atoms with Gasteiger partial charge in [-0.2, -0.15) is 0 Å². The van der Waals surface area contributed by atoms with Crippen LogP contribution in [-0.4, -0.2) is 32.0 Å². The Bertz CT molecular complexity index is 774. The quantitative estimate of drug-likeness (QED) is 0.252. The summed E-state index contributed by atoms with van der Waals surface area (Å²) in [6.45, 7) is 17.8. The highest BCUT2D eigenvalue weighted by Crippen LogP contribution is 2.37. The van der Waals surface area contributed by atoms with Crippen molar-refractivity contribution in [1.29, 1.82) is 0 Å². The zero-order chi connectivity index (χ0) is 23.2. The van der Waals surface area contributed by atoms with E-state index in [1.807, 2.05) is 39.0 Å². The zero-order valence-corrected chi connectivity index (χ0v) is 20.7. The van der Waals surface area contributed by atoms with E-state index >= 15 is 0 Å². The number of carboxylic acid groups (broad SMARTS) is 1. The highest BCUT2D eigenvalue weighted by atomic mass is 28.4. The number of benzene rings is 1. The van der Waals surface area contributed by atoms with Gasteiger partial charge in [0.1, 0.15) is 0 Å². The molecule has 2 amide bonds. The maximum Gasteiger partial charge on any atom is 0.409 e. The lowest BCUT2D eigenvalue weighted by Gasteiger charge is -2.36. The SMILES string of the molecule is CC(C)(C)c1cccc(NC(=O)O)c1NC(=O)CC=CCCO[Si](C)(C)C(C)(C)C. The van der Waals surface area contributed by atoms with Gasteiger partial charge in [-0.15, -0.1) is 0 Å². The first-order chi connectivity index (χ1) is 13.6. The van der Waals surface area contributed by atoms with Crippen molar-refractivity contribution < 1.29 is 19.1 Å². The van der Waals surface area contributed by atoms with E-state index in [1.54, 1.807) is 12.1 Å². The van der Waals surface area contributed by atoms with Crippen molar-refractivity contribution in [2.75, 3.05) is 17.2 Å². The molecule has 0 saturated heterocycles. The third-order valence-electron chi connectivity index (χ3n) is 5.40. The molecule has 1 aromatic carbocycles. The third kappa shape index (κ3) is 7.95. The van der Waals surface area contributed by atoms with Crippen LogP contribution in [0.25, 0.3) is 0 Å². The van der Waals surface area contributed by atoms with Crippen LogP contribution in [0.2, 0.25) is 18.1 Å². The molecule has 30 heavy (non-hydrogen) atoms. The van der Waals surface area contributed by atoms with E-state index in [0.717, 1.165) is 12.0 Å². The van der Waals surface area contributed by atoms with Crippen LogP contribution in [0.4, 0.5) is 16.2 Å². The second kappa shape index (κ2) is 10.3. The Morgan fingerprint density at radius 1 is 1.07 bits per heavy atom. The number of carbonyl (C=O) groups excluding carboxylic acids is 1. The van der Waals surface area contributed by atoms with Gasteiger partial charge in [0.2, 0.25) is 5.91 Å². The molecule has 0 fully saturated rings. The Hall–Kier alpha value is -2.12. The molecule has 0 spiro atoms. The van der Waals surface area contributed by atoms with Crippen molar-refractivity contribution in [2.24, 2.45) is 0 Å². The van der Waals surface area contributed by atoms with Crippen LogP contribution in [0, 0.1) is 0 Å². The van der Waals surface area contributed by atoms with Crippen LogP contribution in [0.1, 0.15) is 59.9 Å². The number of hydrogen-bond acceptors (Lipinski definition) is 3. The number of amides is 2. The van der Waals surface area contributed by atoms with Gasteiger partial charge in [0, 0.05) is 13.0 Å². The number of carbonyl (C=O) groups is 2. The van der Waals surface area contributed by atoms with Gasteiger partial charge in [-0.05, 0) is 41.6 Å². The van der Waals surface area contributed by atoms with Gasteiger partial charge >= 0.3 is 6.09 Å². The van der Waals surface area contributed by atoms with Gasteiger partial charge < -0.3 is 14.8 Å². The van der Waals surface area contributed by atoms with E-state index in [4.69, 9.17) is 9.53 Å². The molecule has 6 nitrogen and oxygen atoms in total. The Morgan fingerprint density at radius 3 is 2.23 bits per heavy atom. The predicted molar refractivity (Wildman–Crippen MR) is 127 cm³/mol. The van der Waals surface area contributed by atoms with E-state index in [1.165, 1.54) is 0 Å². The summed E-state index contributed by atoms with van der Waals surface area (Å²) in [6, 6.07) is 5.33. The molecular weight excluding hydrogens is 396 g/mol. The summed E-state index contributed by atoms with van der Waals surface area (Å²) < 4.78 is 6.13. The van der Waals surface area contributed by atoms with Crippen LogP contribution in [0.5, 0.6) is 0 Å². The number of hydrogen-bond donors (Lipinski definition) is 3. The average molecular weight is 435 g/mol. The van der Waals surface area contributed by atoms with Crippen molar-refractivity contribution >= 4 is 31.7 Å². The van der Waals surface area contributed by atoms with Crippen molar-refractivity contribution in [3.8, 4) is 0 Å². The topological polar surface area (TPSA) is 87.7 Å². The fourth-order valence-corrected chi connectivity index (χ4v) is 3.69. The van der Waals surface area contributed by atoms with Gasteiger partial charge in [0.05, 0.1) is 11.4 Å². The predicted octanol–water partition coefficient (Wildman–Crippen LogP) is 6.37. The number of anilines is 2. The minimum atomic E-state index is -1.75. The summed E-state index contributed by atoms with van der Waals surface area (Å²) in [5.74, 6) is -0.193. The van der Waals surface area contributed by atoms with Crippen LogP contribution in [0.15, 0.2) is 30.4 Å². The lowest BCUT2D eigenvalue weighted by Crippen LogP contribution is -2.40. The lowest BCUT2D eigenvalue weighted by atomic mass is 9.85. The molecule has 0 atom stereocenters. The second-order valence-electron chi connectivity index (χ2n) is 10.0. The van der Waals surface area contributed by atoms with E-state index in [0.29, 0.717) is 18.0 Å². The molecule has 0 unspecified atom stereocenters. The molecule has 3 N–H and O–H groups in total. The molecule has 1 aromatic rings. The minimum absolute atomic E-state index is 0.179. The summed E-state index contributed by atoms with van der Waals surface area (Å²) in [6.07, 6.45) is 3.58. The first-order valence-corrected chi connectivity index (χ1v) is 13.3. The molecule has 0 aliphatic carbocycles. The van der Waals surface area contributed by atoms with Crippen LogP contribution in [-0.2, 0) is 14.6 Å². The van der Waals surface area contributed by atoms with Gasteiger partial charge in [-0.25, -0.2) is 4.79 Å². The monoisotopic (exact) mass is 434 g/mol. The number of para-hydroxylation sites is 1. The molecule has 0 aliphatic rings. The lowest BCUT2D eigenvalue weighted by molar-refractivity contribution is -0.115. The molecule has 0 saturated carbocycles. The van der Waals surface area contributed by atoms with E-state index in [-0.39, 0.29) is 22.8 Å². The van der Waals surface area contributed by atoms with Gasteiger partial charge in [-0.3, -0.25) is 10.1 Å². The smallest absolute Gasteiger partial charge is 0.409 e. The Kier molecular flexibility index (Phi) is 8.86. The zero-order valence-electron chi connectivity index (χ0n) is 19.7. The van der Waals surface area contributed by atoms with Crippen molar-refractivity contribution in [2.45, 2.75) is 77.9 Å². The highest BCUT2D eigenvalue weighted by Gasteiger charge is 2.36. The maximum absolute atomic E-state index is 12.5. The number of nitrogens with one attached hydrogen (secondary N) is 2. The van der Waals surface area contributed by atoms with Gasteiger partial charge in [-0.1, -0.05) is 65.8 Å². The molecule has 0 aliphatic heterocycles. The fourth-order valence-electron chi connectivity index (χ4n) is 2.63. The van der Waals surface area contributed by atoms with E-state index < -0.39 is 14.4 Å². The Labute approximate surface area is 182 Å². The summed E-state index contributed by atoms with van der Waals surface area (Å²) in [7, 11) is -1.75. The molecule has 0 bridgehead atoms. The van der Waals surface area contributed by atoms with Crippen LogP contribution < -0.4 is 10.6 Å². The molecule has 0 aromatic heterocycles. The number of rotatable bonds is 8. The Balaban J connectivity index is 2.73. The van der Waals surface area contributed by atoms with E-state index in [2.05, 4.69) is 44.5 Å². The largest absolute Gasteiger partial charge is 0.465 e. The Morgan fingerprint density at radius 2 is 1.70 bits per heavy atom. The summed E-state index contributed by atoms with van der Waals surface area (Å²) >= 11 is 0. The molecule has 1 rings (SSSR count). The van der Waals surface area contributed by atoms with Crippen LogP contribution >= 0.6 is 0 Å². The highest BCUT2D eigenvalue weighted by molar-refractivity contribution is 6.74. The van der Waals surface area contributed by atoms with E-state index in [9.17, 15) is 9.59 Å². The standard InChI is InChI=1S/C23H38N2O4Si/c1-22(2,3)17-13-12-14-18(24-21(27)28)20(17)25-19(26)15-10-9-11-16-29-30(7,8)23(4,5)6/h9-10,12-14,24H,11,15-16H2,1-8H3,(H,25,26)(H,27,28). The molecule has 0 heterocycles. The van der Waals surface area contributed by atoms with Crippen molar-refractivity contribution in [1.82, 2.24) is 0 Å². The summed E-state index contributed by atoms with van der Waals surface area (Å²) in [5.41, 5.74) is 1.49. The summed E-state index contributed by atoms with van der Waals surface area (Å²) in [4.78, 5) is 23.6. The first-order valence-electron chi connectivity index (χ1n) is 10.4. The third-order valence-corrected chi connectivity index (χ3v) is 9.94. The molecule has 7 heteroatoms. The minimum Gasteiger partial charge on any atom is -0.465 e. The first kappa shape index (κ1) is 25.9. The summed E-state index contributed by atoms with van der Waals surface area (Å²) in [5, 5.41) is 14.5. The second-order valence-corrected chi connectivity index (χ2v) is 14.8. The van der Waals surface area contributed by atoms with Crippen LogP contribution in [0.3, 0.4) is 0 Å². The normalized spacial score (nSPS) is 12.8. The molecule has 168 valence electrons. The average Bonchev–Trinajstić information content (AvgIpc) is 2.57.